The highest BCUT2D eigenvalue weighted by Crippen LogP contribution is 2.33. The number of para-hydroxylation sites is 2. The monoisotopic (exact) mass is 265 g/mol. The maximum Gasteiger partial charge on any atom is 0.262 e. The van der Waals surface area contributed by atoms with Gasteiger partial charge in [0, 0.05) is 14.1 Å². The van der Waals surface area contributed by atoms with Crippen molar-refractivity contribution in [2.24, 2.45) is 0 Å². The lowest BCUT2D eigenvalue weighted by Gasteiger charge is -2.35. The van der Waals surface area contributed by atoms with Crippen LogP contribution in [-0.4, -0.2) is 37.8 Å². The van der Waals surface area contributed by atoms with E-state index in [0.29, 0.717) is 17.4 Å². The molecule has 1 aliphatic rings. The second-order valence-electron chi connectivity index (χ2n) is 3.85. The van der Waals surface area contributed by atoms with Gasteiger partial charge in [-0.2, -0.15) is 0 Å². The van der Waals surface area contributed by atoms with Crippen LogP contribution in [0.15, 0.2) is 24.3 Å². The second kappa shape index (κ2) is 5.22. The summed E-state index contributed by atoms with van der Waals surface area (Å²) in [5.41, 5.74) is 0.872. The number of nitrogens with one attached hydrogen (secondary N) is 2. The first kappa shape index (κ1) is 12.6. The van der Waals surface area contributed by atoms with Crippen LogP contribution in [0.2, 0.25) is 0 Å². The number of benzene rings is 1. The van der Waals surface area contributed by atoms with Gasteiger partial charge in [-0.3, -0.25) is 4.79 Å². The zero-order valence-electron chi connectivity index (χ0n) is 10.3. The summed E-state index contributed by atoms with van der Waals surface area (Å²) in [5, 5.41) is 6.08. The topological polar surface area (TPSA) is 53.6 Å². The number of hydrogen-bond donors (Lipinski definition) is 2. The summed E-state index contributed by atoms with van der Waals surface area (Å²) in [6, 6.07) is 7.52. The van der Waals surface area contributed by atoms with Crippen molar-refractivity contribution in [3.05, 3.63) is 24.3 Å². The van der Waals surface area contributed by atoms with E-state index in [1.807, 2.05) is 29.2 Å². The summed E-state index contributed by atoms with van der Waals surface area (Å²) in [5.74, 6) is 0.503. The minimum atomic E-state index is -0.559. The fraction of sp³-hybridized carbons (Fsp3) is 0.333. The summed E-state index contributed by atoms with van der Waals surface area (Å²) in [4.78, 5) is 13.6. The molecule has 1 atom stereocenters. The van der Waals surface area contributed by atoms with Gasteiger partial charge in [0.05, 0.1) is 12.2 Å². The molecular formula is C12H15N3O2S. The van der Waals surface area contributed by atoms with E-state index in [-0.39, 0.29) is 5.91 Å². The van der Waals surface area contributed by atoms with Crippen molar-refractivity contribution in [2.45, 2.75) is 6.10 Å². The standard InChI is InChI=1S/C12H15N3O2S/c1-13-11(16)10-7-15(12(18)14-2)8-5-3-4-6-9(8)17-10/h3-6,10H,7H2,1-2H3,(H,13,16)(H,14,18)/t10-/m1/s1. The first-order valence-electron chi connectivity index (χ1n) is 5.64. The molecule has 5 nitrogen and oxygen atoms in total. The molecule has 96 valence electrons. The quantitative estimate of drug-likeness (QED) is 0.724. The highest BCUT2D eigenvalue weighted by Gasteiger charge is 2.31. The van der Waals surface area contributed by atoms with Crippen LogP contribution in [0.4, 0.5) is 5.69 Å². The van der Waals surface area contributed by atoms with Gasteiger partial charge >= 0.3 is 0 Å². The first-order chi connectivity index (χ1) is 8.67. The van der Waals surface area contributed by atoms with Gasteiger partial charge in [-0.25, -0.2) is 0 Å². The lowest BCUT2D eigenvalue weighted by molar-refractivity contribution is -0.127. The summed E-state index contributed by atoms with van der Waals surface area (Å²) >= 11 is 5.25. The van der Waals surface area contributed by atoms with Crippen molar-refractivity contribution < 1.29 is 9.53 Å². The minimum Gasteiger partial charge on any atom is -0.477 e. The highest BCUT2D eigenvalue weighted by molar-refractivity contribution is 7.80. The lowest BCUT2D eigenvalue weighted by atomic mass is 10.2. The molecule has 0 saturated carbocycles. The molecule has 0 aliphatic carbocycles. The van der Waals surface area contributed by atoms with E-state index in [2.05, 4.69) is 10.6 Å². The number of fused-ring (bicyclic) bond motifs is 1. The van der Waals surface area contributed by atoms with Crippen molar-refractivity contribution in [3.8, 4) is 5.75 Å². The van der Waals surface area contributed by atoms with Crippen molar-refractivity contribution in [1.29, 1.82) is 0 Å². The number of thiocarbonyl (C=S) groups is 1. The Labute approximate surface area is 111 Å². The average molecular weight is 265 g/mol. The van der Waals surface area contributed by atoms with Crippen LogP contribution in [0, 0.1) is 0 Å². The molecule has 1 aromatic rings. The number of anilines is 1. The van der Waals surface area contributed by atoms with Crippen molar-refractivity contribution in [3.63, 3.8) is 0 Å². The highest BCUT2D eigenvalue weighted by atomic mass is 32.1. The molecule has 1 amide bonds. The maximum absolute atomic E-state index is 11.7. The molecule has 6 heteroatoms. The predicted molar refractivity (Wildman–Crippen MR) is 73.9 cm³/mol. The molecule has 0 fully saturated rings. The molecule has 1 heterocycles. The molecule has 1 aromatic carbocycles. The van der Waals surface area contributed by atoms with Crippen LogP contribution in [0.25, 0.3) is 0 Å². The Morgan fingerprint density at radius 2 is 2.11 bits per heavy atom. The number of nitrogens with zero attached hydrogens (tertiary/aromatic N) is 1. The van der Waals surface area contributed by atoms with E-state index in [1.54, 1.807) is 14.1 Å². The van der Waals surface area contributed by atoms with E-state index in [4.69, 9.17) is 17.0 Å². The Hall–Kier alpha value is -1.82. The molecule has 1 aliphatic heterocycles. The van der Waals surface area contributed by atoms with Gasteiger partial charge < -0.3 is 20.3 Å². The van der Waals surface area contributed by atoms with Crippen LogP contribution >= 0.6 is 12.2 Å². The molecule has 0 bridgehead atoms. The van der Waals surface area contributed by atoms with Crippen molar-refractivity contribution >= 4 is 28.9 Å². The van der Waals surface area contributed by atoms with Gasteiger partial charge in [-0.15, -0.1) is 0 Å². The molecule has 2 rings (SSSR count). The van der Waals surface area contributed by atoms with Gasteiger partial charge in [0.2, 0.25) is 0 Å². The maximum atomic E-state index is 11.7. The lowest BCUT2D eigenvalue weighted by Crippen LogP contribution is -2.52. The van der Waals surface area contributed by atoms with E-state index >= 15 is 0 Å². The van der Waals surface area contributed by atoms with Crippen LogP contribution in [0.1, 0.15) is 0 Å². The Balaban J connectivity index is 2.35. The summed E-state index contributed by atoms with van der Waals surface area (Å²) in [7, 11) is 3.35. The molecule has 0 spiro atoms. The Bertz CT molecular complexity index is 478. The smallest absolute Gasteiger partial charge is 0.262 e. The third-order valence-electron chi connectivity index (χ3n) is 2.77. The fourth-order valence-electron chi connectivity index (χ4n) is 1.86. The van der Waals surface area contributed by atoms with Crippen LogP contribution in [-0.2, 0) is 4.79 Å². The minimum absolute atomic E-state index is 0.159. The number of hydrogen-bond acceptors (Lipinski definition) is 3. The molecule has 0 saturated heterocycles. The molecule has 2 N–H and O–H groups in total. The second-order valence-corrected chi connectivity index (χ2v) is 4.24. The Kier molecular flexibility index (Phi) is 3.66. The normalized spacial score (nSPS) is 17.4. The summed E-state index contributed by atoms with van der Waals surface area (Å²) < 4.78 is 5.67. The van der Waals surface area contributed by atoms with Gasteiger partial charge in [-0.1, -0.05) is 12.1 Å². The zero-order chi connectivity index (χ0) is 13.1. The largest absolute Gasteiger partial charge is 0.477 e. The van der Waals surface area contributed by atoms with E-state index in [0.717, 1.165) is 5.69 Å². The third-order valence-corrected chi connectivity index (χ3v) is 3.20. The predicted octanol–water partition coefficient (Wildman–Crippen LogP) is 0.504. The van der Waals surface area contributed by atoms with Crippen molar-refractivity contribution in [1.82, 2.24) is 10.6 Å². The van der Waals surface area contributed by atoms with Crippen LogP contribution in [0.5, 0.6) is 5.75 Å². The van der Waals surface area contributed by atoms with Gasteiger partial charge in [-0.05, 0) is 24.4 Å². The number of carbonyl (C=O) groups is 1. The first-order valence-corrected chi connectivity index (χ1v) is 6.04. The third kappa shape index (κ3) is 2.24. The van der Waals surface area contributed by atoms with Crippen LogP contribution < -0.4 is 20.3 Å². The number of likely N-dealkylation sites (N-methyl/N-ethyl adjacent to an activating group) is 1. The number of carbonyl (C=O) groups excluding carboxylic acids is 1. The number of rotatable bonds is 1. The Morgan fingerprint density at radius 1 is 1.39 bits per heavy atom. The van der Waals surface area contributed by atoms with Gasteiger partial charge in [0.1, 0.15) is 5.75 Å². The SMILES string of the molecule is CNC(=O)[C@H]1CN(C(=S)NC)c2ccccc2O1. The molecular weight excluding hydrogens is 250 g/mol. The Morgan fingerprint density at radius 3 is 2.78 bits per heavy atom. The van der Waals surface area contributed by atoms with E-state index in [1.165, 1.54) is 0 Å². The van der Waals surface area contributed by atoms with Gasteiger partial charge in [0.15, 0.2) is 11.2 Å². The number of amides is 1. The van der Waals surface area contributed by atoms with Gasteiger partial charge in [0.25, 0.3) is 5.91 Å². The molecule has 0 radical (unpaired) electrons. The molecule has 0 aromatic heterocycles. The molecule has 0 unspecified atom stereocenters. The number of ether oxygens (including phenoxy) is 1. The van der Waals surface area contributed by atoms with Crippen molar-refractivity contribution in [2.75, 3.05) is 25.5 Å². The molecule has 18 heavy (non-hydrogen) atoms. The average Bonchev–Trinajstić information content (AvgIpc) is 2.44. The van der Waals surface area contributed by atoms with E-state index < -0.39 is 6.10 Å². The van der Waals surface area contributed by atoms with Crippen LogP contribution in [0.3, 0.4) is 0 Å². The van der Waals surface area contributed by atoms with E-state index in [9.17, 15) is 4.79 Å². The zero-order valence-corrected chi connectivity index (χ0v) is 11.1. The summed E-state index contributed by atoms with van der Waals surface area (Å²) in [6.45, 7) is 0.399. The summed E-state index contributed by atoms with van der Waals surface area (Å²) in [6.07, 6.45) is -0.559. The fourth-order valence-corrected chi connectivity index (χ4v) is 2.03.